The highest BCUT2D eigenvalue weighted by Crippen LogP contribution is 2.20. The Hall–Kier alpha value is -3.67. The van der Waals surface area contributed by atoms with Crippen LogP contribution in [0.1, 0.15) is 18.5 Å². The van der Waals surface area contributed by atoms with Crippen molar-refractivity contribution in [3.05, 3.63) is 84.8 Å². The molecule has 28 heavy (non-hydrogen) atoms. The number of para-hydroxylation sites is 3. The quantitative estimate of drug-likeness (QED) is 0.553. The topological polar surface area (TPSA) is 69.0 Å². The maximum Gasteiger partial charge on any atom is 0.243 e. The zero-order chi connectivity index (χ0) is 19.3. The molecule has 0 saturated carbocycles. The lowest BCUT2D eigenvalue weighted by Gasteiger charge is -2.15. The standard InChI is InChI=1S/C22H20N4O2/c1-16(26-15-25-19-9-5-6-10-20(19)26)22(27)24-14-17-11-12-23-21(13-17)28-18-7-3-2-4-8-18/h2-13,15-16H,14H2,1H3,(H,24,27)/t16-/m1/s1. The Balaban J connectivity index is 1.41. The summed E-state index contributed by atoms with van der Waals surface area (Å²) in [6, 6.07) is 20.6. The zero-order valence-corrected chi connectivity index (χ0v) is 15.4. The third-order valence-electron chi connectivity index (χ3n) is 4.51. The fourth-order valence-corrected chi connectivity index (χ4v) is 2.98. The first-order valence-corrected chi connectivity index (χ1v) is 9.08. The molecule has 0 aliphatic carbocycles. The minimum atomic E-state index is -0.366. The Bertz CT molecular complexity index is 1090. The zero-order valence-electron chi connectivity index (χ0n) is 15.4. The lowest BCUT2D eigenvalue weighted by Crippen LogP contribution is -2.30. The number of rotatable bonds is 6. The van der Waals surface area contributed by atoms with Crippen LogP contribution in [0, 0.1) is 0 Å². The van der Waals surface area contributed by atoms with E-state index in [0.717, 1.165) is 22.3 Å². The number of carbonyl (C=O) groups excluding carboxylic acids is 1. The number of pyridine rings is 1. The van der Waals surface area contributed by atoms with Gasteiger partial charge < -0.3 is 14.6 Å². The van der Waals surface area contributed by atoms with Gasteiger partial charge in [0.25, 0.3) is 0 Å². The second-order valence-corrected chi connectivity index (χ2v) is 6.45. The first kappa shape index (κ1) is 17.7. The van der Waals surface area contributed by atoms with Crippen LogP contribution in [0.2, 0.25) is 0 Å². The SMILES string of the molecule is C[C@H](C(=O)NCc1ccnc(Oc2ccccc2)c1)n1cnc2ccccc21. The highest BCUT2D eigenvalue weighted by atomic mass is 16.5. The predicted molar refractivity (Wildman–Crippen MR) is 107 cm³/mol. The largest absolute Gasteiger partial charge is 0.439 e. The van der Waals surface area contributed by atoms with E-state index in [1.54, 1.807) is 12.5 Å². The van der Waals surface area contributed by atoms with E-state index in [1.165, 1.54) is 0 Å². The molecule has 1 atom stereocenters. The number of fused-ring (bicyclic) bond motifs is 1. The van der Waals surface area contributed by atoms with Crippen LogP contribution >= 0.6 is 0 Å². The van der Waals surface area contributed by atoms with Gasteiger partial charge in [0.05, 0.1) is 17.4 Å². The summed E-state index contributed by atoms with van der Waals surface area (Å²) >= 11 is 0. The fraction of sp³-hybridized carbons (Fsp3) is 0.136. The number of benzene rings is 2. The van der Waals surface area contributed by atoms with Gasteiger partial charge in [0.15, 0.2) is 0 Å². The average molecular weight is 372 g/mol. The molecule has 0 aliphatic rings. The van der Waals surface area contributed by atoms with Crippen LogP contribution in [-0.4, -0.2) is 20.4 Å². The first-order valence-electron chi connectivity index (χ1n) is 9.08. The van der Waals surface area contributed by atoms with E-state index in [9.17, 15) is 4.79 Å². The van der Waals surface area contributed by atoms with Gasteiger partial charge in [-0.2, -0.15) is 0 Å². The van der Waals surface area contributed by atoms with Crippen molar-refractivity contribution in [2.75, 3.05) is 0 Å². The van der Waals surface area contributed by atoms with Crippen molar-refractivity contribution in [3.8, 4) is 11.6 Å². The third kappa shape index (κ3) is 3.86. The normalized spacial score (nSPS) is 11.9. The summed E-state index contributed by atoms with van der Waals surface area (Å²) in [5, 5.41) is 2.97. The molecule has 1 amide bonds. The summed E-state index contributed by atoms with van der Waals surface area (Å²) in [5.41, 5.74) is 2.73. The van der Waals surface area contributed by atoms with Gasteiger partial charge in [-0.15, -0.1) is 0 Å². The molecule has 0 radical (unpaired) electrons. The van der Waals surface area contributed by atoms with Crippen LogP contribution in [0.5, 0.6) is 11.6 Å². The van der Waals surface area contributed by atoms with Crippen LogP contribution in [0.3, 0.4) is 0 Å². The van der Waals surface area contributed by atoms with Gasteiger partial charge in [-0.05, 0) is 42.8 Å². The molecule has 140 valence electrons. The van der Waals surface area contributed by atoms with E-state index in [0.29, 0.717) is 12.4 Å². The Kier molecular flexibility index (Phi) is 5.01. The molecule has 4 aromatic rings. The second kappa shape index (κ2) is 7.92. The highest BCUT2D eigenvalue weighted by Gasteiger charge is 2.16. The van der Waals surface area contributed by atoms with Crippen LogP contribution in [0.25, 0.3) is 11.0 Å². The van der Waals surface area contributed by atoms with Gasteiger partial charge in [-0.1, -0.05) is 30.3 Å². The number of nitrogens with one attached hydrogen (secondary N) is 1. The van der Waals surface area contributed by atoms with Crippen LogP contribution in [-0.2, 0) is 11.3 Å². The lowest BCUT2D eigenvalue weighted by molar-refractivity contribution is -0.123. The molecule has 2 aromatic carbocycles. The van der Waals surface area contributed by atoms with Crippen LogP contribution in [0.15, 0.2) is 79.3 Å². The van der Waals surface area contributed by atoms with E-state index in [-0.39, 0.29) is 11.9 Å². The summed E-state index contributed by atoms with van der Waals surface area (Å²) in [5.74, 6) is 1.13. The summed E-state index contributed by atoms with van der Waals surface area (Å²) < 4.78 is 7.62. The van der Waals surface area contributed by atoms with Crippen molar-refractivity contribution in [1.29, 1.82) is 0 Å². The number of imidazole rings is 1. The van der Waals surface area contributed by atoms with Gasteiger partial charge in [-0.25, -0.2) is 9.97 Å². The van der Waals surface area contributed by atoms with E-state index in [1.807, 2.05) is 78.2 Å². The molecule has 0 unspecified atom stereocenters. The monoisotopic (exact) mass is 372 g/mol. The van der Waals surface area contributed by atoms with Crippen molar-refractivity contribution in [2.45, 2.75) is 19.5 Å². The number of aromatic nitrogens is 3. The second-order valence-electron chi connectivity index (χ2n) is 6.45. The Morgan fingerprint density at radius 2 is 1.86 bits per heavy atom. The van der Waals surface area contributed by atoms with E-state index in [2.05, 4.69) is 15.3 Å². The van der Waals surface area contributed by atoms with Crippen molar-refractivity contribution in [3.63, 3.8) is 0 Å². The number of hydrogen-bond donors (Lipinski definition) is 1. The Morgan fingerprint density at radius 3 is 2.71 bits per heavy atom. The lowest BCUT2D eigenvalue weighted by atomic mass is 10.2. The maximum atomic E-state index is 12.6. The molecule has 6 nitrogen and oxygen atoms in total. The first-order chi connectivity index (χ1) is 13.7. The maximum absolute atomic E-state index is 12.6. The Labute approximate surface area is 162 Å². The summed E-state index contributed by atoms with van der Waals surface area (Å²) in [4.78, 5) is 21.2. The highest BCUT2D eigenvalue weighted by molar-refractivity contribution is 5.83. The van der Waals surface area contributed by atoms with E-state index in [4.69, 9.17) is 4.74 Å². The molecule has 0 fully saturated rings. The van der Waals surface area contributed by atoms with Gasteiger partial charge in [-0.3, -0.25) is 4.79 Å². The smallest absolute Gasteiger partial charge is 0.243 e. The molecular formula is C22H20N4O2. The molecule has 6 heteroatoms. The summed E-state index contributed by atoms with van der Waals surface area (Å²) in [6.07, 6.45) is 3.37. The van der Waals surface area contributed by atoms with Crippen LogP contribution < -0.4 is 10.1 Å². The predicted octanol–water partition coefficient (Wildman–Crippen LogP) is 4.10. The Morgan fingerprint density at radius 1 is 1.07 bits per heavy atom. The molecule has 2 aromatic heterocycles. The molecular weight excluding hydrogens is 352 g/mol. The number of hydrogen-bond acceptors (Lipinski definition) is 4. The van der Waals surface area contributed by atoms with Crippen LogP contribution in [0.4, 0.5) is 0 Å². The number of amides is 1. The molecule has 2 heterocycles. The third-order valence-corrected chi connectivity index (χ3v) is 4.51. The van der Waals surface area contributed by atoms with Gasteiger partial charge in [0, 0.05) is 18.8 Å². The van der Waals surface area contributed by atoms with Crippen molar-refractivity contribution < 1.29 is 9.53 Å². The number of nitrogens with zero attached hydrogens (tertiary/aromatic N) is 3. The minimum absolute atomic E-state index is 0.0782. The van der Waals surface area contributed by atoms with Gasteiger partial charge in [0.2, 0.25) is 11.8 Å². The van der Waals surface area contributed by atoms with Crippen molar-refractivity contribution in [1.82, 2.24) is 19.9 Å². The number of carbonyl (C=O) groups is 1. The van der Waals surface area contributed by atoms with Crippen molar-refractivity contribution >= 4 is 16.9 Å². The average Bonchev–Trinajstić information content (AvgIpc) is 3.16. The summed E-state index contributed by atoms with van der Waals surface area (Å²) in [6.45, 7) is 2.25. The van der Waals surface area contributed by atoms with E-state index >= 15 is 0 Å². The molecule has 1 N–H and O–H groups in total. The number of ether oxygens (including phenoxy) is 1. The molecule has 0 saturated heterocycles. The minimum Gasteiger partial charge on any atom is -0.439 e. The fourth-order valence-electron chi connectivity index (χ4n) is 2.98. The molecule has 0 spiro atoms. The van der Waals surface area contributed by atoms with Crippen molar-refractivity contribution in [2.24, 2.45) is 0 Å². The molecule has 0 aliphatic heterocycles. The molecule has 0 bridgehead atoms. The van der Waals surface area contributed by atoms with Gasteiger partial charge >= 0.3 is 0 Å². The van der Waals surface area contributed by atoms with E-state index < -0.39 is 0 Å². The van der Waals surface area contributed by atoms with Gasteiger partial charge in [0.1, 0.15) is 11.8 Å². The molecule has 4 rings (SSSR count). The summed E-state index contributed by atoms with van der Waals surface area (Å²) in [7, 11) is 0.